The molecule has 1 N–H and O–H groups in total. The molecule has 2 aromatic rings. The lowest BCUT2D eigenvalue weighted by Crippen LogP contribution is -2.23. The van der Waals surface area contributed by atoms with E-state index in [1.165, 1.54) is 5.56 Å². The number of hydrogen-bond acceptors (Lipinski definition) is 4. The normalized spacial score (nSPS) is 10.9. The molecule has 1 amide bonds. The van der Waals surface area contributed by atoms with Crippen LogP contribution in [0, 0.1) is 0 Å². The highest BCUT2D eigenvalue weighted by atomic mass is 35.5. The van der Waals surface area contributed by atoms with Gasteiger partial charge in [0.2, 0.25) is 0 Å². The summed E-state index contributed by atoms with van der Waals surface area (Å²) in [6.45, 7) is 5.70. The van der Waals surface area contributed by atoms with Crippen LogP contribution in [0.5, 0.6) is 5.75 Å². The quantitative estimate of drug-likeness (QED) is 0.768. The number of nitrogens with one attached hydrogen (secondary N) is 1. The Morgan fingerprint density at radius 2 is 1.73 bits per heavy atom. The molecule has 0 bridgehead atoms. The Bertz CT molecular complexity index is 766. The van der Waals surface area contributed by atoms with E-state index >= 15 is 0 Å². The summed E-state index contributed by atoms with van der Waals surface area (Å²) in [5, 5.41) is 3.10. The van der Waals surface area contributed by atoms with Crippen LogP contribution in [0.4, 0.5) is 5.69 Å². The van der Waals surface area contributed by atoms with E-state index in [2.05, 4.69) is 26.1 Å². The first kappa shape index (κ1) is 19.8. The predicted octanol–water partition coefficient (Wildman–Crippen LogP) is 4.20. The summed E-state index contributed by atoms with van der Waals surface area (Å²) in [5.74, 6) is -0.500. The Morgan fingerprint density at radius 3 is 2.35 bits per heavy atom. The van der Waals surface area contributed by atoms with Crippen LogP contribution in [-0.4, -0.2) is 25.1 Å². The van der Waals surface area contributed by atoms with Gasteiger partial charge >= 0.3 is 5.97 Å². The summed E-state index contributed by atoms with van der Waals surface area (Å²) in [6, 6.07) is 14.2. The lowest BCUT2D eigenvalue weighted by Gasteiger charge is -2.19. The molecule has 0 aliphatic rings. The minimum atomic E-state index is -0.619. The van der Waals surface area contributed by atoms with Crippen molar-refractivity contribution in [3.63, 3.8) is 0 Å². The molecular weight excluding hydrogens is 354 g/mol. The SMILES string of the molecule is CC(C)(C)c1ccc(OCC(=O)OCC(=O)Nc2cccc(Cl)c2)cc1. The highest BCUT2D eigenvalue weighted by Gasteiger charge is 2.13. The van der Waals surface area contributed by atoms with Gasteiger partial charge in [0.25, 0.3) is 5.91 Å². The van der Waals surface area contributed by atoms with Gasteiger partial charge in [-0.25, -0.2) is 4.79 Å². The minimum Gasteiger partial charge on any atom is -0.482 e. The number of benzene rings is 2. The number of ether oxygens (including phenoxy) is 2. The Morgan fingerprint density at radius 1 is 1.04 bits per heavy atom. The number of anilines is 1. The van der Waals surface area contributed by atoms with Gasteiger partial charge in [0.05, 0.1) is 0 Å². The summed E-state index contributed by atoms with van der Waals surface area (Å²) in [4.78, 5) is 23.5. The molecule has 0 aliphatic carbocycles. The van der Waals surface area contributed by atoms with E-state index in [0.29, 0.717) is 16.5 Å². The fourth-order valence-corrected chi connectivity index (χ4v) is 2.33. The number of carbonyl (C=O) groups excluding carboxylic acids is 2. The average molecular weight is 376 g/mol. The molecule has 2 rings (SSSR count). The maximum Gasteiger partial charge on any atom is 0.344 e. The van der Waals surface area contributed by atoms with E-state index in [4.69, 9.17) is 21.1 Å². The van der Waals surface area contributed by atoms with Crippen molar-refractivity contribution in [1.82, 2.24) is 0 Å². The van der Waals surface area contributed by atoms with Crippen molar-refractivity contribution in [2.75, 3.05) is 18.5 Å². The Hall–Kier alpha value is -2.53. The first-order valence-corrected chi connectivity index (χ1v) is 8.56. The van der Waals surface area contributed by atoms with Gasteiger partial charge in [-0.05, 0) is 41.3 Å². The summed E-state index contributed by atoms with van der Waals surface area (Å²) in [5.41, 5.74) is 1.76. The fraction of sp³-hybridized carbons (Fsp3) is 0.300. The molecule has 0 aromatic heterocycles. The second-order valence-corrected chi connectivity index (χ2v) is 7.22. The molecule has 0 unspecified atom stereocenters. The van der Waals surface area contributed by atoms with Crippen LogP contribution < -0.4 is 10.1 Å². The largest absolute Gasteiger partial charge is 0.482 e. The summed E-state index contributed by atoms with van der Waals surface area (Å²) in [6.07, 6.45) is 0. The molecule has 138 valence electrons. The Labute approximate surface area is 158 Å². The third-order valence-corrected chi connectivity index (χ3v) is 3.78. The number of esters is 1. The monoisotopic (exact) mass is 375 g/mol. The molecule has 0 spiro atoms. The molecule has 0 saturated carbocycles. The summed E-state index contributed by atoms with van der Waals surface area (Å²) >= 11 is 5.84. The van der Waals surface area contributed by atoms with Crippen molar-refractivity contribution in [2.24, 2.45) is 0 Å². The molecule has 0 heterocycles. The van der Waals surface area contributed by atoms with Crippen LogP contribution >= 0.6 is 11.6 Å². The van der Waals surface area contributed by atoms with Gasteiger partial charge in [-0.1, -0.05) is 50.6 Å². The van der Waals surface area contributed by atoms with Crippen LogP contribution in [0.15, 0.2) is 48.5 Å². The standard InChI is InChI=1S/C20H22ClNO4/c1-20(2,3)14-7-9-17(10-8-14)25-13-19(24)26-12-18(23)22-16-6-4-5-15(21)11-16/h4-11H,12-13H2,1-3H3,(H,22,23). The van der Waals surface area contributed by atoms with E-state index in [0.717, 1.165) is 0 Å². The molecular formula is C20H22ClNO4. The average Bonchev–Trinajstić information content (AvgIpc) is 2.58. The van der Waals surface area contributed by atoms with Crippen molar-refractivity contribution < 1.29 is 19.1 Å². The molecule has 5 nitrogen and oxygen atoms in total. The maximum absolute atomic E-state index is 11.8. The summed E-state index contributed by atoms with van der Waals surface area (Å²) in [7, 11) is 0. The van der Waals surface area contributed by atoms with Crippen molar-refractivity contribution in [3.8, 4) is 5.75 Å². The van der Waals surface area contributed by atoms with E-state index in [9.17, 15) is 9.59 Å². The molecule has 0 atom stereocenters. The van der Waals surface area contributed by atoms with Crippen LogP contribution in [-0.2, 0) is 19.7 Å². The molecule has 0 fully saturated rings. The zero-order chi connectivity index (χ0) is 19.2. The van der Waals surface area contributed by atoms with Crippen molar-refractivity contribution >= 4 is 29.2 Å². The van der Waals surface area contributed by atoms with Crippen LogP contribution in [0.1, 0.15) is 26.3 Å². The topological polar surface area (TPSA) is 64.6 Å². The minimum absolute atomic E-state index is 0.0494. The smallest absolute Gasteiger partial charge is 0.344 e. The molecule has 0 saturated heterocycles. The number of halogens is 1. The molecule has 6 heteroatoms. The number of amides is 1. The number of rotatable bonds is 6. The third kappa shape index (κ3) is 6.41. The lowest BCUT2D eigenvalue weighted by molar-refractivity contribution is -0.149. The zero-order valence-electron chi connectivity index (χ0n) is 15.0. The molecule has 2 aromatic carbocycles. The Kier molecular flexibility index (Phi) is 6.64. The fourth-order valence-electron chi connectivity index (χ4n) is 2.14. The number of carbonyl (C=O) groups is 2. The second-order valence-electron chi connectivity index (χ2n) is 6.78. The third-order valence-electron chi connectivity index (χ3n) is 3.55. The van der Waals surface area contributed by atoms with Crippen LogP contribution in [0.25, 0.3) is 0 Å². The van der Waals surface area contributed by atoms with Gasteiger partial charge < -0.3 is 14.8 Å². The number of hydrogen-bond donors (Lipinski definition) is 1. The summed E-state index contributed by atoms with van der Waals surface area (Å²) < 4.78 is 10.3. The van der Waals surface area contributed by atoms with Gasteiger partial charge in [-0.3, -0.25) is 4.79 Å². The first-order valence-electron chi connectivity index (χ1n) is 8.18. The predicted molar refractivity (Wildman–Crippen MR) is 102 cm³/mol. The van der Waals surface area contributed by atoms with Gasteiger partial charge in [0, 0.05) is 10.7 Å². The van der Waals surface area contributed by atoms with E-state index in [1.807, 2.05) is 12.1 Å². The van der Waals surface area contributed by atoms with Crippen molar-refractivity contribution in [1.29, 1.82) is 0 Å². The van der Waals surface area contributed by atoms with Crippen molar-refractivity contribution in [3.05, 3.63) is 59.1 Å². The highest BCUT2D eigenvalue weighted by Crippen LogP contribution is 2.24. The van der Waals surface area contributed by atoms with E-state index in [-0.39, 0.29) is 12.0 Å². The van der Waals surface area contributed by atoms with Gasteiger partial charge in [-0.15, -0.1) is 0 Å². The van der Waals surface area contributed by atoms with Crippen molar-refractivity contribution in [2.45, 2.75) is 26.2 Å². The van der Waals surface area contributed by atoms with E-state index < -0.39 is 18.5 Å². The van der Waals surface area contributed by atoms with E-state index in [1.54, 1.807) is 36.4 Å². The van der Waals surface area contributed by atoms with Crippen LogP contribution in [0.3, 0.4) is 0 Å². The second kappa shape index (κ2) is 8.72. The molecule has 26 heavy (non-hydrogen) atoms. The van der Waals surface area contributed by atoms with Gasteiger partial charge in [0.15, 0.2) is 13.2 Å². The zero-order valence-corrected chi connectivity index (χ0v) is 15.8. The van der Waals surface area contributed by atoms with Gasteiger partial charge in [-0.2, -0.15) is 0 Å². The Balaban J connectivity index is 1.74. The first-order chi connectivity index (χ1) is 12.2. The van der Waals surface area contributed by atoms with Crippen LogP contribution in [0.2, 0.25) is 5.02 Å². The highest BCUT2D eigenvalue weighted by molar-refractivity contribution is 6.30. The van der Waals surface area contributed by atoms with Gasteiger partial charge in [0.1, 0.15) is 5.75 Å². The molecule has 0 aliphatic heterocycles. The molecule has 0 radical (unpaired) electrons. The maximum atomic E-state index is 11.8. The lowest BCUT2D eigenvalue weighted by atomic mass is 9.87.